The smallest absolute Gasteiger partial charge is 0.309 e. The maximum Gasteiger partial charge on any atom is 0.309 e. The monoisotopic (exact) mass is 298 g/mol. The Labute approximate surface area is 133 Å². The van der Waals surface area contributed by atoms with Gasteiger partial charge in [0, 0.05) is 0 Å². The highest BCUT2D eigenvalue weighted by atomic mass is 16.5. The largest absolute Gasteiger partial charge is 0.462 e. The highest BCUT2D eigenvalue weighted by Gasteiger charge is 2.36. The molecule has 126 valence electrons. The Balaban J connectivity index is 4.47. The molecule has 0 amide bonds. The summed E-state index contributed by atoms with van der Waals surface area (Å²) in [5.74, 6) is -0.0454. The lowest BCUT2D eigenvalue weighted by Gasteiger charge is -2.34. The molecule has 2 heteroatoms. The summed E-state index contributed by atoms with van der Waals surface area (Å²) < 4.78 is 5.73. The summed E-state index contributed by atoms with van der Waals surface area (Å²) in [7, 11) is 0. The molecule has 2 nitrogen and oxygen atoms in total. The van der Waals surface area contributed by atoms with Crippen molar-refractivity contribution in [1.82, 2.24) is 0 Å². The molecule has 21 heavy (non-hydrogen) atoms. The molecule has 0 spiro atoms. The summed E-state index contributed by atoms with van der Waals surface area (Å²) in [5, 5.41) is 0. The standard InChI is InChI=1S/C19H38O2/c1-9-10-11-12-13-15(2)21-17(20)16(19(6,7)8)14-18(3,4)5/h15-16H,9-14H2,1-8H3. The van der Waals surface area contributed by atoms with Gasteiger partial charge in [-0.1, -0.05) is 67.7 Å². The van der Waals surface area contributed by atoms with Gasteiger partial charge in [-0.3, -0.25) is 4.79 Å². The number of rotatable bonds is 8. The van der Waals surface area contributed by atoms with Crippen LogP contribution in [0.3, 0.4) is 0 Å². The minimum atomic E-state index is -0.0493. The first-order valence-corrected chi connectivity index (χ1v) is 8.68. The van der Waals surface area contributed by atoms with Crippen LogP contribution in [0.15, 0.2) is 0 Å². The number of hydrogen-bond donors (Lipinski definition) is 0. The van der Waals surface area contributed by atoms with Crippen LogP contribution in [0.2, 0.25) is 0 Å². The molecule has 0 heterocycles. The van der Waals surface area contributed by atoms with E-state index in [0.717, 1.165) is 19.3 Å². The van der Waals surface area contributed by atoms with Crippen molar-refractivity contribution in [3.05, 3.63) is 0 Å². The number of hydrogen-bond acceptors (Lipinski definition) is 2. The molecule has 0 aromatic carbocycles. The first-order valence-electron chi connectivity index (χ1n) is 8.68. The van der Waals surface area contributed by atoms with E-state index in [1.54, 1.807) is 0 Å². The normalized spacial score (nSPS) is 15.6. The van der Waals surface area contributed by atoms with Gasteiger partial charge in [-0.15, -0.1) is 0 Å². The van der Waals surface area contributed by atoms with E-state index >= 15 is 0 Å². The van der Waals surface area contributed by atoms with Gasteiger partial charge in [0.15, 0.2) is 0 Å². The Bertz CT molecular complexity index is 294. The summed E-state index contributed by atoms with van der Waals surface area (Å²) in [6.45, 7) is 17.2. The molecule has 0 bridgehead atoms. The van der Waals surface area contributed by atoms with Gasteiger partial charge in [0.1, 0.15) is 0 Å². The van der Waals surface area contributed by atoms with Crippen LogP contribution in [0.4, 0.5) is 0 Å². The number of carbonyl (C=O) groups excluding carboxylic acids is 1. The van der Waals surface area contributed by atoms with Crippen molar-refractivity contribution < 1.29 is 9.53 Å². The molecule has 0 radical (unpaired) electrons. The number of carbonyl (C=O) groups is 1. The van der Waals surface area contributed by atoms with Gasteiger partial charge in [0.25, 0.3) is 0 Å². The third kappa shape index (κ3) is 9.92. The topological polar surface area (TPSA) is 26.3 Å². The molecular formula is C19H38O2. The predicted molar refractivity (Wildman–Crippen MR) is 91.3 cm³/mol. The van der Waals surface area contributed by atoms with Crippen LogP contribution in [-0.2, 0) is 9.53 Å². The molecule has 0 aromatic rings. The lowest BCUT2D eigenvalue weighted by atomic mass is 9.72. The minimum Gasteiger partial charge on any atom is -0.462 e. The van der Waals surface area contributed by atoms with E-state index < -0.39 is 0 Å². The molecule has 0 aliphatic rings. The SMILES string of the molecule is CCCCCCC(C)OC(=O)C(CC(C)(C)C)C(C)(C)C. The van der Waals surface area contributed by atoms with Crippen molar-refractivity contribution in [2.45, 2.75) is 100 Å². The average Bonchev–Trinajstić information content (AvgIpc) is 2.29. The van der Waals surface area contributed by atoms with Gasteiger partial charge in [0.05, 0.1) is 12.0 Å². The Morgan fingerprint density at radius 2 is 1.57 bits per heavy atom. The fourth-order valence-corrected chi connectivity index (χ4v) is 2.55. The molecular weight excluding hydrogens is 260 g/mol. The molecule has 0 aliphatic carbocycles. The third-order valence-corrected chi connectivity index (χ3v) is 3.93. The zero-order chi connectivity index (χ0) is 16.7. The molecule has 2 unspecified atom stereocenters. The van der Waals surface area contributed by atoms with E-state index in [1.807, 2.05) is 6.92 Å². The second-order valence-electron chi connectivity index (χ2n) is 8.78. The Kier molecular flexibility index (Phi) is 8.58. The van der Waals surface area contributed by atoms with Crippen LogP contribution in [0.25, 0.3) is 0 Å². The molecule has 0 aliphatic heterocycles. The third-order valence-electron chi connectivity index (χ3n) is 3.93. The second kappa shape index (κ2) is 8.80. The Hall–Kier alpha value is -0.530. The van der Waals surface area contributed by atoms with E-state index in [4.69, 9.17) is 4.74 Å². The van der Waals surface area contributed by atoms with Gasteiger partial charge in [0.2, 0.25) is 0 Å². The maximum absolute atomic E-state index is 12.5. The first-order chi connectivity index (χ1) is 9.47. The van der Waals surface area contributed by atoms with Crippen molar-refractivity contribution >= 4 is 5.97 Å². The predicted octanol–water partition coefficient (Wildman–Crippen LogP) is 5.99. The summed E-state index contributed by atoms with van der Waals surface area (Å²) in [6, 6.07) is 0. The van der Waals surface area contributed by atoms with Crippen LogP contribution in [0, 0.1) is 16.7 Å². The van der Waals surface area contributed by atoms with Crippen molar-refractivity contribution in [3.63, 3.8) is 0 Å². The highest BCUT2D eigenvalue weighted by molar-refractivity contribution is 5.73. The molecule has 0 aromatic heterocycles. The van der Waals surface area contributed by atoms with Crippen molar-refractivity contribution in [2.24, 2.45) is 16.7 Å². The average molecular weight is 299 g/mol. The van der Waals surface area contributed by atoms with Gasteiger partial charge in [-0.05, 0) is 37.0 Å². The molecule has 2 atom stereocenters. The summed E-state index contributed by atoms with van der Waals surface area (Å²) in [5.41, 5.74) is 0.0909. The molecule has 0 rings (SSSR count). The Morgan fingerprint density at radius 1 is 1.00 bits per heavy atom. The van der Waals surface area contributed by atoms with Crippen molar-refractivity contribution in [3.8, 4) is 0 Å². The van der Waals surface area contributed by atoms with Gasteiger partial charge < -0.3 is 4.74 Å². The number of unbranched alkanes of at least 4 members (excludes halogenated alkanes) is 3. The van der Waals surface area contributed by atoms with Crippen LogP contribution in [0.5, 0.6) is 0 Å². The van der Waals surface area contributed by atoms with Crippen LogP contribution in [-0.4, -0.2) is 12.1 Å². The molecule has 0 saturated heterocycles. The van der Waals surface area contributed by atoms with E-state index in [2.05, 4.69) is 48.5 Å². The van der Waals surface area contributed by atoms with Gasteiger partial charge in [-0.2, -0.15) is 0 Å². The van der Waals surface area contributed by atoms with E-state index in [1.165, 1.54) is 19.3 Å². The number of ether oxygens (including phenoxy) is 1. The first kappa shape index (κ1) is 20.5. The molecule has 0 N–H and O–H groups in total. The van der Waals surface area contributed by atoms with Crippen LogP contribution < -0.4 is 0 Å². The number of esters is 1. The summed E-state index contributed by atoms with van der Waals surface area (Å²) in [4.78, 5) is 12.5. The second-order valence-corrected chi connectivity index (χ2v) is 8.78. The fraction of sp³-hybridized carbons (Fsp3) is 0.947. The van der Waals surface area contributed by atoms with Crippen molar-refractivity contribution in [1.29, 1.82) is 0 Å². The fourth-order valence-electron chi connectivity index (χ4n) is 2.55. The summed E-state index contributed by atoms with van der Waals surface area (Å²) >= 11 is 0. The van der Waals surface area contributed by atoms with Crippen molar-refractivity contribution in [2.75, 3.05) is 0 Å². The zero-order valence-corrected chi connectivity index (χ0v) is 15.7. The zero-order valence-electron chi connectivity index (χ0n) is 15.7. The molecule has 0 fully saturated rings. The minimum absolute atomic E-state index is 0.0135. The summed E-state index contributed by atoms with van der Waals surface area (Å²) in [6.07, 6.45) is 6.81. The van der Waals surface area contributed by atoms with Gasteiger partial charge >= 0.3 is 5.97 Å². The maximum atomic E-state index is 12.5. The van der Waals surface area contributed by atoms with Crippen LogP contribution in [0.1, 0.15) is 93.9 Å². The molecule has 0 saturated carbocycles. The van der Waals surface area contributed by atoms with Gasteiger partial charge in [-0.25, -0.2) is 0 Å². The van der Waals surface area contributed by atoms with Crippen LogP contribution >= 0.6 is 0 Å². The van der Waals surface area contributed by atoms with E-state index in [0.29, 0.717) is 0 Å². The lowest BCUT2D eigenvalue weighted by molar-refractivity contribution is -0.159. The quantitative estimate of drug-likeness (QED) is 0.406. The van der Waals surface area contributed by atoms with E-state index in [9.17, 15) is 4.79 Å². The lowest BCUT2D eigenvalue weighted by Crippen LogP contribution is -2.35. The van der Waals surface area contributed by atoms with E-state index in [-0.39, 0.29) is 28.8 Å². The highest BCUT2D eigenvalue weighted by Crippen LogP contribution is 2.37. The Morgan fingerprint density at radius 3 is 2.00 bits per heavy atom.